The summed E-state index contributed by atoms with van der Waals surface area (Å²) in [6.45, 7) is 1.85. The molecule has 0 aromatic carbocycles. The van der Waals surface area contributed by atoms with E-state index in [1.54, 1.807) is 4.57 Å². The molecule has 0 saturated heterocycles. The van der Waals surface area contributed by atoms with Gasteiger partial charge in [-0.2, -0.15) is 0 Å². The second-order valence-electron chi connectivity index (χ2n) is 4.20. The van der Waals surface area contributed by atoms with Gasteiger partial charge in [-0.15, -0.1) is 0 Å². The molecule has 2 rings (SSSR count). The average molecular weight is 208 g/mol. The molecule has 3 N–H and O–H groups in total. The fourth-order valence-electron chi connectivity index (χ4n) is 2.64. The van der Waals surface area contributed by atoms with E-state index in [4.69, 9.17) is 10.8 Å². The molecule has 82 valence electrons. The molecule has 0 bridgehead atoms. The fraction of sp³-hybridized carbons (Fsp3) is 0.545. The Balaban J connectivity index is 2.67. The highest BCUT2D eigenvalue weighted by atomic mass is 16.4. The lowest BCUT2D eigenvalue weighted by atomic mass is 9.91. The van der Waals surface area contributed by atoms with Gasteiger partial charge in [0.2, 0.25) is 0 Å². The van der Waals surface area contributed by atoms with Crippen molar-refractivity contribution in [3.8, 4) is 0 Å². The largest absolute Gasteiger partial charge is 0.477 e. The molecule has 0 spiro atoms. The quantitative estimate of drug-likeness (QED) is 0.732. The zero-order chi connectivity index (χ0) is 11.2. The molecule has 1 atom stereocenters. The van der Waals surface area contributed by atoms with Gasteiger partial charge >= 0.3 is 5.97 Å². The Hall–Kier alpha value is -1.29. The van der Waals surface area contributed by atoms with Crippen molar-refractivity contribution in [1.82, 2.24) is 4.57 Å². The Labute approximate surface area is 88.7 Å². The molecule has 1 aliphatic carbocycles. The zero-order valence-corrected chi connectivity index (χ0v) is 9.08. The molecule has 0 fully saturated rings. The first-order chi connectivity index (χ1) is 7.04. The minimum absolute atomic E-state index is 0.00745. The first-order valence-electron chi connectivity index (χ1n) is 5.21. The predicted molar refractivity (Wildman–Crippen MR) is 57.0 cm³/mol. The molecular weight excluding hydrogens is 192 g/mol. The third-order valence-electron chi connectivity index (χ3n) is 3.31. The Morgan fingerprint density at radius 3 is 2.80 bits per heavy atom. The van der Waals surface area contributed by atoms with Gasteiger partial charge in [-0.1, -0.05) is 0 Å². The molecule has 4 heteroatoms. The summed E-state index contributed by atoms with van der Waals surface area (Å²) in [5, 5.41) is 9.12. The van der Waals surface area contributed by atoms with Crippen LogP contribution < -0.4 is 5.73 Å². The summed E-state index contributed by atoms with van der Waals surface area (Å²) in [6, 6.07) is 0.00745. The number of nitrogens with zero attached hydrogens (tertiary/aromatic N) is 1. The summed E-state index contributed by atoms with van der Waals surface area (Å²) in [5.74, 6) is -0.864. The lowest BCUT2D eigenvalue weighted by Crippen LogP contribution is -2.18. The van der Waals surface area contributed by atoms with Crippen LogP contribution in [0.15, 0.2) is 0 Å². The van der Waals surface area contributed by atoms with Crippen LogP contribution in [-0.2, 0) is 13.5 Å². The topological polar surface area (TPSA) is 68.2 Å². The summed E-state index contributed by atoms with van der Waals surface area (Å²) >= 11 is 0. The summed E-state index contributed by atoms with van der Waals surface area (Å²) in [7, 11) is 1.81. The third kappa shape index (κ3) is 1.36. The van der Waals surface area contributed by atoms with Gasteiger partial charge < -0.3 is 15.4 Å². The van der Waals surface area contributed by atoms with Crippen molar-refractivity contribution in [3.05, 3.63) is 22.5 Å². The van der Waals surface area contributed by atoms with E-state index >= 15 is 0 Å². The molecule has 0 amide bonds. The zero-order valence-electron chi connectivity index (χ0n) is 9.08. The van der Waals surface area contributed by atoms with Gasteiger partial charge in [0.1, 0.15) is 5.69 Å². The molecule has 4 nitrogen and oxygen atoms in total. The monoisotopic (exact) mass is 208 g/mol. The van der Waals surface area contributed by atoms with Crippen LogP contribution in [0.3, 0.4) is 0 Å². The van der Waals surface area contributed by atoms with Crippen molar-refractivity contribution < 1.29 is 9.90 Å². The summed E-state index contributed by atoms with van der Waals surface area (Å²) in [6.07, 6.45) is 2.94. The molecule has 1 unspecified atom stereocenters. The minimum atomic E-state index is -0.864. The maximum atomic E-state index is 11.1. The number of aromatic carboxylic acids is 1. The number of nitrogens with two attached hydrogens (primary N) is 1. The molecule has 0 saturated carbocycles. The highest BCUT2D eigenvalue weighted by molar-refractivity contribution is 5.88. The van der Waals surface area contributed by atoms with Crippen molar-refractivity contribution in [2.45, 2.75) is 32.2 Å². The van der Waals surface area contributed by atoms with Gasteiger partial charge in [0, 0.05) is 18.8 Å². The molecule has 0 aliphatic heterocycles. The molecule has 0 radical (unpaired) electrons. The molecule has 1 heterocycles. The van der Waals surface area contributed by atoms with E-state index in [1.165, 1.54) is 0 Å². The second kappa shape index (κ2) is 3.38. The van der Waals surface area contributed by atoms with Gasteiger partial charge in [-0.25, -0.2) is 4.79 Å². The van der Waals surface area contributed by atoms with Crippen molar-refractivity contribution >= 4 is 5.97 Å². The Morgan fingerprint density at radius 2 is 2.27 bits per heavy atom. The number of rotatable bonds is 1. The van der Waals surface area contributed by atoms with Crippen LogP contribution in [0.25, 0.3) is 0 Å². The number of aromatic nitrogens is 1. The SMILES string of the molecule is Cc1c2c(n(C)c1C(=O)O)CCCC2N. The number of hydrogen-bond acceptors (Lipinski definition) is 2. The number of carboxylic acids is 1. The molecule has 1 aliphatic rings. The molecule has 15 heavy (non-hydrogen) atoms. The van der Waals surface area contributed by atoms with E-state index in [2.05, 4.69) is 0 Å². The van der Waals surface area contributed by atoms with Crippen molar-refractivity contribution in [3.63, 3.8) is 0 Å². The fourth-order valence-corrected chi connectivity index (χ4v) is 2.64. The van der Waals surface area contributed by atoms with Gasteiger partial charge in [-0.3, -0.25) is 0 Å². The Kier molecular flexibility index (Phi) is 2.31. The Morgan fingerprint density at radius 1 is 1.60 bits per heavy atom. The number of hydrogen-bond donors (Lipinski definition) is 2. The van der Waals surface area contributed by atoms with Crippen LogP contribution >= 0.6 is 0 Å². The van der Waals surface area contributed by atoms with E-state index in [0.717, 1.165) is 36.1 Å². The van der Waals surface area contributed by atoms with Crippen LogP contribution in [0, 0.1) is 6.92 Å². The van der Waals surface area contributed by atoms with Gasteiger partial charge in [0.05, 0.1) is 0 Å². The predicted octanol–water partition coefficient (Wildman–Crippen LogP) is 1.37. The standard InChI is InChI=1S/C11H16N2O2/c1-6-9-7(12)4-3-5-8(9)13(2)10(6)11(14)15/h7H,3-5,12H2,1-2H3,(H,14,15). The maximum absolute atomic E-state index is 11.1. The lowest BCUT2D eigenvalue weighted by Gasteiger charge is -2.20. The molecular formula is C11H16N2O2. The minimum Gasteiger partial charge on any atom is -0.477 e. The van der Waals surface area contributed by atoms with E-state index in [0.29, 0.717) is 5.69 Å². The van der Waals surface area contributed by atoms with E-state index in [1.807, 2.05) is 14.0 Å². The second-order valence-corrected chi connectivity index (χ2v) is 4.20. The van der Waals surface area contributed by atoms with Gasteiger partial charge in [0.25, 0.3) is 0 Å². The third-order valence-corrected chi connectivity index (χ3v) is 3.31. The summed E-state index contributed by atoms with van der Waals surface area (Å²) < 4.78 is 1.78. The summed E-state index contributed by atoms with van der Waals surface area (Å²) in [5.41, 5.74) is 9.41. The van der Waals surface area contributed by atoms with Gasteiger partial charge in [-0.05, 0) is 37.3 Å². The average Bonchev–Trinajstić information content (AvgIpc) is 2.40. The van der Waals surface area contributed by atoms with Crippen LogP contribution in [0.2, 0.25) is 0 Å². The van der Waals surface area contributed by atoms with Crippen molar-refractivity contribution in [1.29, 1.82) is 0 Å². The number of carbonyl (C=O) groups is 1. The number of carboxylic acid groups (broad SMARTS) is 1. The van der Waals surface area contributed by atoms with Crippen molar-refractivity contribution in [2.24, 2.45) is 12.8 Å². The van der Waals surface area contributed by atoms with E-state index in [9.17, 15) is 4.79 Å². The highest BCUT2D eigenvalue weighted by Gasteiger charge is 2.27. The van der Waals surface area contributed by atoms with E-state index < -0.39 is 5.97 Å². The summed E-state index contributed by atoms with van der Waals surface area (Å²) in [4.78, 5) is 11.1. The highest BCUT2D eigenvalue weighted by Crippen LogP contribution is 2.33. The smallest absolute Gasteiger partial charge is 0.352 e. The molecule has 1 aromatic rings. The Bertz CT molecular complexity index is 421. The normalized spacial score (nSPS) is 20.1. The maximum Gasteiger partial charge on any atom is 0.352 e. The van der Waals surface area contributed by atoms with E-state index in [-0.39, 0.29) is 6.04 Å². The van der Waals surface area contributed by atoms with Crippen LogP contribution in [0.4, 0.5) is 0 Å². The van der Waals surface area contributed by atoms with Crippen LogP contribution in [0.1, 0.15) is 46.2 Å². The number of fused-ring (bicyclic) bond motifs is 1. The lowest BCUT2D eigenvalue weighted by molar-refractivity contribution is 0.0685. The van der Waals surface area contributed by atoms with Gasteiger partial charge in [0.15, 0.2) is 0 Å². The van der Waals surface area contributed by atoms with Crippen molar-refractivity contribution in [2.75, 3.05) is 0 Å². The molecule has 1 aromatic heterocycles. The van der Waals surface area contributed by atoms with Crippen LogP contribution in [-0.4, -0.2) is 15.6 Å². The first kappa shape index (κ1) is 10.2. The van der Waals surface area contributed by atoms with Crippen LogP contribution in [0.5, 0.6) is 0 Å². The first-order valence-corrected chi connectivity index (χ1v) is 5.21.